The maximum atomic E-state index is 10.7. The largest absolute Gasteiger partial charge is 0.378 e. The van der Waals surface area contributed by atoms with E-state index >= 15 is 0 Å². The van der Waals surface area contributed by atoms with Gasteiger partial charge in [0, 0.05) is 13.0 Å². The summed E-state index contributed by atoms with van der Waals surface area (Å²) < 4.78 is 5.80. The summed E-state index contributed by atoms with van der Waals surface area (Å²) in [6, 6.07) is 0. The van der Waals surface area contributed by atoms with Crippen LogP contribution in [-0.2, 0) is 9.53 Å². The first-order valence-corrected chi connectivity index (χ1v) is 6.20. The van der Waals surface area contributed by atoms with E-state index in [-0.39, 0.29) is 5.78 Å². The molecule has 0 aromatic heterocycles. The topological polar surface area (TPSA) is 26.3 Å². The highest BCUT2D eigenvalue weighted by molar-refractivity contribution is 5.75. The molecule has 0 N–H and O–H groups in total. The molecular formula is C13H24O2. The molecule has 1 aliphatic carbocycles. The predicted octanol–water partition coefficient (Wildman–Crippen LogP) is 3.20. The Bertz CT molecular complexity index is 201. The van der Waals surface area contributed by atoms with Gasteiger partial charge in [0.2, 0.25) is 0 Å². The van der Waals surface area contributed by atoms with Gasteiger partial charge in [-0.2, -0.15) is 0 Å². The molecule has 0 aliphatic heterocycles. The van der Waals surface area contributed by atoms with Crippen LogP contribution in [0.5, 0.6) is 0 Å². The fraction of sp³-hybridized carbons (Fsp3) is 0.923. The van der Waals surface area contributed by atoms with Crippen LogP contribution in [0.15, 0.2) is 0 Å². The Morgan fingerprint density at radius 1 is 1.27 bits per heavy atom. The van der Waals surface area contributed by atoms with Gasteiger partial charge in [-0.25, -0.2) is 0 Å². The van der Waals surface area contributed by atoms with Crippen LogP contribution >= 0.6 is 0 Å². The third-order valence-corrected chi connectivity index (χ3v) is 3.58. The van der Waals surface area contributed by atoms with E-state index in [1.807, 2.05) is 0 Å². The second kappa shape index (κ2) is 6.26. The normalized spacial score (nSPS) is 31.5. The quantitative estimate of drug-likeness (QED) is 0.654. The Morgan fingerprint density at radius 2 is 2.00 bits per heavy atom. The second-order valence-electron chi connectivity index (χ2n) is 5.07. The van der Waals surface area contributed by atoms with Gasteiger partial charge >= 0.3 is 0 Å². The molecule has 0 aromatic rings. The van der Waals surface area contributed by atoms with Crippen molar-refractivity contribution in [2.24, 2.45) is 11.8 Å². The highest BCUT2D eigenvalue weighted by atomic mass is 16.5. The molecule has 1 saturated carbocycles. The van der Waals surface area contributed by atoms with Crippen LogP contribution in [-0.4, -0.2) is 18.5 Å². The summed E-state index contributed by atoms with van der Waals surface area (Å²) >= 11 is 0. The van der Waals surface area contributed by atoms with E-state index in [9.17, 15) is 4.79 Å². The molecule has 2 nitrogen and oxygen atoms in total. The zero-order chi connectivity index (χ0) is 11.3. The van der Waals surface area contributed by atoms with E-state index in [1.165, 1.54) is 19.3 Å². The average Bonchev–Trinajstić information content (AvgIpc) is 2.18. The number of carbonyl (C=O) groups excluding carboxylic acids is 1. The minimum absolute atomic E-state index is 0.268. The third-order valence-electron chi connectivity index (χ3n) is 3.58. The Morgan fingerprint density at radius 3 is 2.60 bits per heavy atom. The zero-order valence-electron chi connectivity index (χ0n) is 10.3. The van der Waals surface area contributed by atoms with Gasteiger partial charge in [0.05, 0.1) is 6.10 Å². The number of hydrogen-bond donors (Lipinski definition) is 0. The number of rotatable bonds is 5. The third kappa shape index (κ3) is 4.78. The highest BCUT2D eigenvalue weighted by Gasteiger charge is 2.24. The Labute approximate surface area is 93.4 Å². The Hall–Kier alpha value is -0.370. The van der Waals surface area contributed by atoms with Crippen molar-refractivity contribution in [3.05, 3.63) is 0 Å². The summed E-state index contributed by atoms with van der Waals surface area (Å²) in [6.45, 7) is 7.04. The van der Waals surface area contributed by atoms with Crippen LogP contribution in [0.4, 0.5) is 0 Å². The lowest BCUT2D eigenvalue weighted by molar-refractivity contribution is -0.117. The van der Waals surface area contributed by atoms with E-state index in [2.05, 4.69) is 13.8 Å². The van der Waals surface area contributed by atoms with Crippen molar-refractivity contribution in [3.63, 3.8) is 0 Å². The molecule has 0 bridgehead atoms. The molecule has 3 atom stereocenters. The van der Waals surface area contributed by atoms with Crippen LogP contribution in [0.1, 0.15) is 52.9 Å². The van der Waals surface area contributed by atoms with Gasteiger partial charge in [-0.15, -0.1) is 0 Å². The lowest BCUT2D eigenvalue weighted by atomic mass is 9.80. The minimum atomic E-state index is 0.268. The number of carbonyl (C=O) groups is 1. The van der Waals surface area contributed by atoms with Crippen LogP contribution in [0.2, 0.25) is 0 Å². The minimum Gasteiger partial charge on any atom is -0.378 e. The lowest BCUT2D eigenvalue weighted by Crippen LogP contribution is -2.27. The molecule has 3 unspecified atom stereocenters. The molecule has 0 spiro atoms. The van der Waals surface area contributed by atoms with Crippen LogP contribution in [0.3, 0.4) is 0 Å². The molecular weight excluding hydrogens is 188 g/mol. The molecule has 0 saturated heterocycles. The van der Waals surface area contributed by atoms with E-state index in [4.69, 9.17) is 4.74 Å². The molecule has 0 amide bonds. The summed E-state index contributed by atoms with van der Waals surface area (Å²) in [7, 11) is 0. The first-order valence-electron chi connectivity index (χ1n) is 6.20. The maximum absolute atomic E-state index is 10.7. The van der Waals surface area contributed by atoms with Crippen molar-refractivity contribution in [2.45, 2.75) is 59.0 Å². The molecule has 1 aliphatic rings. The molecule has 0 heterocycles. The molecule has 1 rings (SSSR count). The number of ketones is 1. The van der Waals surface area contributed by atoms with Crippen molar-refractivity contribution < 1.29 is 9.53 Å². The van der Waals surface area contributed by atoms with Gasteiger partial charge in [-0.1, -0.05) is 13.8 Å². The standard InChI is InChI=1S/C13H24O2/c1-10-6-7-13(9-11(10)2)15-8-4-5-12(3)14/h10-11,13H,4-9H2,1-3H3. The first kappa shape index (κ1) is 12.7. The second-order valence-corrected chi connectivity index (χ2v) is 5.07. The summed E-state index contributed by atoms with van der Waals surface area (Å²) in [5, 5.41) is 0. The summed E-state index contributed by atoms with van der Waals surface area (Å²) in [5.74, 6) is 1.91. The summed E-state index contributed by atoms with van der Waals surface area (Å²) in [6.07, 6.45) is 5.68. The van der Waals surface area contributed by atoms with Gasteiger partial charge in [-0.3, -0.25) is 0 Å². The summed E-state index contributed by atoms with van der Waals surface area (Å²) in [4.78, 5) is 10.7. The zero-order valence-corrected chi connectivity index (χ0v) is 10.3. The van der Waals surface area contributed by atoms with E-state index in [0.717, 1.165) is 24.9 Å². The fourth-order valence-electron chi connectivity index (χ4n) is 2.22. The summed E-state index contributed by atoms with van der Waals surface area (Å²) in [5.41, 5.74) is 0. The maximum Gasteiger partial charge on any atom is 0.129 e. The molecule has 1 fully saturated rings. The van der Waals surface area contributed by atoms with E-state index < -0.39 is 0 Å². The van der Waals surface area contributed by atoms with E-state index in [1.54, 1.807) is 6.92 Å². The SMILES string of the molecule is CC(=O)CCCOC1CCC(C)C(C)C1. The van der Waals surface area contributed by atoms with Gasteiger partial charge in [-0.05, 0) is 44.4 Å². The lowest BCUT2D eigenvalue weighted by Gasteiger charge is -2.31. The Kier molecular flexibility index (Phi) is 5.30. The molecule has 2 heteroatoms. The predicted molar refractivity (Wildman–Crippen MR) is 61.8 cm³/mol. The Balaban J connectivity index is 2.09. The van der Waals surface area contributed by atoms with Gasteiger partial charge in [0.1, 0.15) is 5.78 Å². The van der Waals surface area contributed by atoms with Gasteiger partial charge in [0.15, 0.2) is 0 Å². The molecule has 15 heavy (non-hydrogen) atoms. The van der Waals surface area contributed by atoms with Crippen molar-refractivity contribution >= 4 is 5.78 Å². The number of ether oxygens (including phenoxy) is 1. The van der Waals surface area contributed by atoms with Crippen LogP contribution in [0, 0.1) is 11.8 Å². The first-order chi connectivity index (χ1) is 7.09. The van der Waals surface area contributed by atoms with Crippen molar-refractivity contribution in [1.82, 2.24) is 0 Å². The number of Topliss-reactive ketones (excluding diaryl/α,β-unsaturated/α-hetero) is 1. The molecule has 0 radical (unpaired) electrons. The van der Waals surface area contributed by atoms with Gasteiger partial charge < -0.3 is 9.53 Å². The van der Waals surface area contributed by atoms with Crippen molar-refractivity contribution in [3.8, 4) is 0 Å². The van der Waals surface area contributed by atoms with Crippen molar-refractivity contribution in [1.29, 1.82) is 0 Å². The average molecular weight is 212 g/mol. The number of hydrogen-bond acceptors (Lipinski definition) is 2. The van der Waals surface area contributed by atoms with Crippen LogP contribution < -0.4 is 0 Å². The van der Waals surface area contributed by atoms with Gasteiger partial charge in [0.25, 0.3) is 0 Å². The van der Waals surface area contributed by atoms with Crippen LogP contribution in [0.25, 0.3) is 0 Å². The molecule has 0 aromatic carbocycles. The highest BCUT2D eigenvalue weighted by Crippen LogP contribution is 2.30. The van der Waals surface area contributed by atoms with E-state index in [0.29, 0.717) is 12.5 Å². The smallest absolute Gasteiger partial charge is 0.129 e. The fourth-order valence-corrected chi connectivity index (χ4v) is 2.22. The molecule has 88 valence electrons. The van der Waals surface area contributed by atoms with Crippen molar-refractivity contribution in [2.75, 3.05) is 6.61 Å². The monoisotopic (exact) mass is 212 g/mol.